The first-order chi connectivity index (χ1) is 13.2. The normalized spacial score (nSPS) is 43.1. The van der Waals surface area contributed by atoms with E-state index in [1.807, 2.05) is 37.3 Å². The predicted octanol–water partition coefficient (Wildman–Crippen LogP) is 2.97. The molecule has 7 rings (SSSR count). The molecule has 0 aromatic heterocycles. The van der Waals surface area contributed by atoms with Crippen molar-refractivity contribution in [1.82, 2.24) is 0 Å². The number of hydrogen-bond donors (Lipinski definition) is 0. The van der Waals surface area contributed by atoms with Crippen LogP contribution in [0, 0.1) is 29.1 Å². The average Bonchev–Trinajstić information content (AvgIpc) is 3.16. The second kappa shape index (κ2) is 4.89. The minimum Gasteiger partial charge on any atom is -0.481 e. The van der Waals surface area contributed by atoms with Crippen LogP contribution in [0.3, 0.4) is 0 Å². The SMILES string of the molecule is CCOC1=NC23CCCC12C1C=CC3C2C(=O)N(c3ccccc3)C(=O)C21. The van der Waals surface area contributed by atoms with E-state index < -0.39 is 0 Å². The lowest BCUT2D eigenvalue weighted by molar-refractivity contribution is -0.135. The molecule has 0 N–H and O–H groups in total. The molecule has 2 saturated carbocycles. The molecule has 138 valence electrons. The van der Waals surface area contributed by atoms with Crippen LogP contribution in [0.25, 0.3) is 0 Å². The van der Waals surface area contributed by atoms with E-state index in [1.165, 1.54) is 4.90 Å². The summed E-state index contributed by atoms with van der Waals surface area (Å²) in [5.74, 6) is 0.177. The number of nitrogens with zero attached hydrogens (tertiary/aromatic N) is 2. The Kier molecular flexibility index (Phi) is 2.83. The van der Waals surface area contributed by atoms with Gasteiger partial charge >= 0.3 is 0 Å². The maximum atomic E-state index is 13.5. The van der Waals surface area contributed by atoms with Gasteiger partial charge < -0.3 is 4.74 Å². The topological polar surface area (TPSA) is 59.0 Å². The third-order valence-corrected chi connectivity index (χ3v) is 7.70. The maximum Gasteiger partial charge on any atom is 0.238 e. The number of amides is 2. The highest BCUT2D eigenvalue weighted by Crippen LogP contribution is 2.74. The fourth-order valence-electron chi connectivity index (χ4n) is 6.89. The lowest BCUT2D eigenvalue weighted by Gasteiger charge is -2.64. The molecule has 2 bridgehead atoms. The van der Waals surface area contributed by atoms with Crippen LogP contribution in [0.5, 0.6) is 0 Å². The van der Waals surface area contributed by atoms with Crippen molar-refractivity contribution >= 4 is 23.4 Å². The lowest BCUT2D eigenvalue weighted by atomic mass is 9.42. The quantitative estimate of drug-likeness (QED) is 0.600. The van der Waals surface area contributed by atoms with Crippen LogP contribution in [0.15, 0.2) is 47.5 Å². The van der Waals surface area contributed by atoms with Crippen LogP contribution in [0.1, 0.15) is 26.2 Å². The molecule has 2 amide bonds. The molecule has 0 spiro atoms. The predicted molar refractivity (Wildman–Crippen MR) is 100 cm³/mol. The Labute approximate surface area is 158 Å². The average molecular weight is 362 g/mol. The van der Waals surface area contributed by atoms with E-state index in [9.17, 15) is 9.59 Å². The van der Waals surface area contributed by atoms with Gasteiger partial charge in [0.1, 0.15) is 0 Å². The number of carbonyl (C=O) groups excluding carboxylic acids is 2. The molecule has 6 atom stereocenters. The van der Waals surface area contributed by atoms with E-state index in [1.54, 1.807) is 0 Å². The number of allylic oxidation sites excluding steroid dienone is 1. The minimum absolute atomic E-state index is 0.00404. The zero-order chi connectivity index (χ0) is 18.4. The number of carbonyl (C=O) groups is 2. The highest BCUT2D eigenvalue weighted by molar-refractivity contribution is 6.23. The second-order valence-corrected chi connectivity index (χ2v) is 8.43. The summed E-state index contributed by atoms with van der Waals surface area (Å²) in [7, 11) is 0. The Morgan fingerprint density at radius 3 is 2.52 bits per heavy atom. The first-order valence-electron chi connectivity index (χ1n) is 10.00. The van der Waals surface area contributed by atoms with E-state index >= 15 is 0 Å². The van der Waals surface area contributed by atoms with Gasteiger partial charge in [-0.15, -0.1) is 0 Å². The van der Waals surface area contributed by atoms with Crippen LogP contribution in [0.2, 0.25) is 0 Å². The Morgan fingerprint density at radius 1 is 1.07 bits per heavy atom. The van der Waals surface area contributed by atoms with Crippen molar-refractivity contribution in [3.05, 3.63) is 42.5 Å². The number of para-hydroxylation sites is 1. The third-order valence-electron chi connectivity index (χ3n) is 7.70. The van der Waals surface area contributed by atoms with Gasteiger partial charge in [0.2, 0.25) is 11.8 Å². The number of ether oxygens (including phenoxy) is 1. The van der Waals surface area contributed by atoms with Crippen molar-refractivity contribution in [1.29, 1.82) is 0 Å². The molecule has 6 unspecified atom stereocenters. The summed E-state index contributed by atoms with van der Waals surface area (Å²) in [6.07, 6.45) is 7.46. The summed E-state index contributed by atoms with van der Waals surface area (Å²) < 4.78 is 5.93. The molecule has 1 aromatic rings. The molecule has 2 heterocycles. The molecule has 2 aliphatic heterocycles. The largest absolute Gasteiger partial charge is 0.481 e. The van der Waals surface area contributed by atoms with Crippen LogP contribution in [0.4, 0.5) is 5.69 Å². The van der Waals surface area contributed by atoms with Crippen molar-refractivity contribution < 1.29 is 14.3 Å². The Morgan fingerprint density at radius 2 is 1.78 bits per heavy atom. The van der Waals surface area contributed by atoms with Crippen molar-refractivity contribution in [3.63, 3.8) is 0 Å². The summed E-state index contributed by atoms with van der Waals surface area (Å²) in [6, 6.07) is 9.33. The highest BCUT2D eigenvalue weighted by Gasteiger charge is 2.80. The molecular formula is C22H22N2O3. The smallest absolute Gasteiger partial charge is 0.238 e. The molecular weight excluding hydrogens is 340 g/mol. The van der Waals surface area contributed by atoms with Gasteiger partial charge in [0, 0.05) is 11.8 Å². The van der Waals surface area contributed by atoms with E-state index in [2.05, 4.69) is 12.2 Å². The summed E-state index contributed by atoms with van der Waals surface area (Å²) in [6.45, 7) is 2.57. The van der Waals surface area contributed by atoms with Crippen molar-refractivity contribution in [2.24, 2.45) is 34.1 Å². The highest BCUT2D eigenvalue weighted by atomic mass is 16.5. The molecule has 3 fully saturated rings. The van der Waals surface area contributed by atoms with Crippen LogP contribution >= 0.6 is 0 Å². The minimum atomic E-state index is -0.287. The van der Waals surface area contributed by atoms with Gasteiger partial charge in [-0.2, -0.15) is 0 Å². The van der Waals surface area contributed by atoms with Gasteiger partial charge in [-0.3, -0.25) is 14.5 Å². The van der Waals surface area contributed by atoms with Crippen LogP contribution in [-0.2, 0) is 14.3 Å². The Bertz CT molecular complexity index is 923. The summed E-state index contributed by atoms with van der Waals surface area (Å²) in [5, 5.41) is 0. The molecule has 5 nitrogen and oxygen atoms in total. The number of hydrogen-bond acceptors (Lipinski definition) is 4. The van der Waals surface area contributed by atoms with E-state index in [-0.39, 0.29) is 46.4 Å². The number of aliphatic imine (C=N–C) groups is 1. The zero-order valence-corrected chi connectivity index (χ0v) is 15.3. The number of benzene rings is 1. The molecule has 0 radical (unpaired) electrons. The van der Waals surface area contributed by atoms with Crippen LogP contribution in [-0.4, -0.2) is 29.9 Å². The van der Waals surface area contributed by atoms with Crippen molar-refractivity contribution in [2.75, 3.05) is 11.5 Å². The third kappa shape index (κ3) is 1.50. The summed E-state index contributed by atoms with van der Waals surface area (Å²) in [5.41, 5.74) is 0.271. The molecule has 1 aromatic carbocycles. The van der Waals surface area contributed by atoms with Gasteiger partial charge in [0.05, 0.1) is 35.1 Å². The Hall–Kier alpha value is -2.43. The molecule has 5 heteroatoms. The zero-order valence-electron chi connectivity index (χ0n) is 15.3. The monoisotopic (exact) mass is 362 g/mol. The first-order valence-corrected chi connectivity index (χ1v) is 10.00. The van der Waals surface area contributed by atoms with Gasteiger partial charge in [0.25, 0.3) is 0 Å². The van der Waals surface area contributed by atoms with Crippen molar-refractivity contribution in [2.45, 2.75) is 31.7 Å². The van der Waals surface area contributed by atoms with Gasteiger partial charge in [0.15, 0.2) is 5.90 Å². The standard InChI is InChI=1S/C22H22N2O3/c1-2-27-20-21-11-6-12-22(21,23-20)15-10-9-14(21)16-17(15)19(26)24(18(16)25)13-7-4-3-5-8-13/h3-5,7-10,14-17H,2,6,11-12H2,1H3. The maximum absolute atomic E-state index is 13.5. The fraction of sp³-hybridized carbons (Fsp3) is 0.500. The number of rotatable bonds is 2. The van der Waals surface area contributed by atoms with E-state index in [0.717, 1.165) is 25.2 Å². The fourth-order valence-corrected chi connectivity index (χ4v) is 6.89. The summed E-state index contributed by atoms with van der Waals surface area (Å²) in [4.78, 5) is 33.3. The summed E-state index contributed by atoms with van der Waals surface area (Å²) >= 11 is 0. The van der Waals surface area contributed by atoms with E-state index in [0.29, 0.717) is 12.3 Å². The molecule has 27 heavy (non-hydrogen) atoms. The van der Waals surface area contributed by atoms with Gasteiger partial charge in [-0.1, -0.05) is 30.4 Å². The van der Waals surface area contributed by atoms with Gasteiger partial charge in [-0.05, 0) is 38.3 Å². The number of anilines is 1. The number of imide groups is 1. The van der Waals surface area contributed by atoms with Crippen molar-refractivity contribution in [3.8, 4) is 0 Å². The Balaban J connectivity index is 1.49. The second-order valence-electron chi connectivity index (χ2n) is 8.43. The molecule has 1 saturated heterocycles. The van der Waals surface area contributed by atoms with E-state index in [4.69, 9.17) is 9.73 Å². The molecule has 4 aliphatic carbocycles. The molecule has 6 aliphatic rings. The lowest BCUT2D eigenvalue weighted by Crippen LogP contribution is -2.72. The van der Waals surface area contributed by atoms with Crippen LogP contribution < -0.4 is 4.90 Å². The van der Waals surface area contributed by atoms with Gasteiger partial charge in [-0.25, -0.2) is 4.99 Å². The first kappa shape index (κ1) is 15.6.